The molecular weight excluding hydrogens is 230 g/mol. The van der Waals surface area contributed by atoms with Crippen molar-refractivity contribution in [3.8, 4) is 0 Å². The van der Waals surface area contributed by atoms with Crippen molar-refractivity contribution in [1.29, 1.82) is 0 Å². The van der Waals surface area contributed by atoms with Crippen LogP contribution in [0.2, 0.25) is 0 Å². The molecule has 6 heteroatoms. The molecule has 0 aliphatic carbocycles. The predicted molar refractivity (Wildman–Crippen MR) is 62.2 cm³/mol. The normalized spacial score (nSPS) is 13.5. The van der Waals surface area contributed by atoms with Gasteiger partial charge >= 0.3 is 5.97 Å². The molecule has 0 saturated heterocycles. The van der Waals surface area contributed by atoms with E-state index < -0.39 is 18.4 Å². The molecule has 0 aliphatic rings. The molecule has 1 unspecified atom stereocenters. The number of nitrogens with zero attached hydrogens (tertiary/aromatic N) is 1. The van der Waals surface area contributed by atoms with Crippen molar-refractivity contribution in [1.82, 2.24) is 10.2 Å². The highest BCUT2D eigenvalue weighted by Crippen LogP contribution is 2.00. The monoisotopic (exact) mass is 252 g/mol. The van der Waals surface area contributed by atoms with Crippen molar-refractivity contribution in [3.63, 3.8) is 0 Å². The largest absolute Gasteiger partial charge is 0.465 e. The standard InChI is InChI=1S/C11H22F2N2O2/c1-5-17-11(16)9(14-8(2)3)6-15(4)7-10(12)13/h8-10,14H,5-7H2,1-4H3. The number of hydrogen-bond donors (Lipinski definition) is 1. The zero-order chi connectivity index (χ0) is 13.4. The molecule has 0 rings (SSSR count). The molecule has 0 aromatic carbocycles. The molecule has 0 saturated carbocycles. The Morgan fingerprint density at radius 1 is 1.35 bits per heavy atom. The summed E-state index contributed by atoms with van der Waals surface area (Å²) in [6, 6.07) is -0.483. The highest BCUT2D eigenvalue weighted by atomic mass is 19.3. The van der Waals surface area contributed by atoms with E-state index in [2.05, 4.69) is 5.32 Å². The van der Waals surface area contributed by atoms with Crippen LogP contribution in [0.25, 0.3) is 0 Å². The Kier molecular flexibility index (Phi) is 7.99. The molecule has 0 heterocycles. The molecule has 17 heavy (non-hydrogen) atoms. The number of carbonyl (C=O) groups excluding carboxylic acids is 1. The lowest BCUT2D eigenvalue weighted by Crippen LogP contribution is -2.49. The number of halogens is 2. The molecule has 0 aliphatic heterocycles. The lowest BCUT2D eigenvalue weighted by Gasteiger charge is -2.24. The van der Waals surface area contributed by atoms with E-state index in [1.165, 1.54) is 4.90 Å². The molecule has 0 aromatic rings. The number of hydrogen-bond acceptors (Lipinski definition) is 4. The van der Waals surface area contributed by atoms with Gasteiger partial charge < -0.3 is 10.1 Å². The smallest absolute Gasteiger partial charge is 0.324 e. The lowest BCUT2D eigenvalue weighted by molar-refractivity contribution is -0.146. The van der Waals surface area contributed by atoms with Crippen LogP contribution in [0, 0.1) is 0 Å². The van der Waals surface area contributed by atoms with Gasteiger partial charge in [-0.1, -0.05) is 13.8 Å². The van der Waals surface area contributed by atoms with Gasteiger partial charge in [0.05, 0.1) is 13.2 Å². The van der Waals surface area contributed by atoms with E-state index in [4.69, 9.17) is 4.74 Å². The molecule has 4 nitrogen and oxygen atoms in total. The first-order valence-electron chi connectivity index (χ1n) is 5.76. The van der Waals surface area contributed by atoms with Crippen molar-refractivity contribution in [3.05, 3.63) is 0 Å². The zero-order valence-corrected chi connectivity index (χ0v) is 10.9. The summed E-state index contributed by atoms with van der Waals surface area (Å²) in [5.41, 5.74) is 0. The first kappa shape index (κ1) is 16.2. The molecule has 0 radical (unpaired) electrons. The number of esters is 1. The van der Waals surface area contributed by atoms with Crippen LogP contribution in [0.15, 0.2) is 0 Å². The number of alkyl halides is 2. The third kappa shape index (κ3) is 8.04. The Balaban J connectivity index is 4.31. The lowest BCUT2D eigenvalue weighted by atomic mass is 10.2. The first-order valence-corrected chi connectivity index (χ1v) is 5.76. The maximum Gasteiger partial charge on any atom is 0.324 e. The zero-order valence-electron chi connectivity index (χ0n) is 10.9. The Hall–Kier alpha value is -0.750. The quantitative estimate of drug-likeness (QED) is 0.657. The van der Waals surface area contributed by atoms with E-state index in [0.29, 0.717) is 0 Å². The number of ether oxygens (including phenoxy) is 1. The van der Waals surface area contributed by atoms with Crippen LogP contribution in [0.5, 0.6) is 0 Å². The van der Waals surface area contributed by atoms with E-state index in [1.807, 2.05) is 13.8 Å². The molecular formula is C11H22F2N2O2. The van der Waals surface area contributed by atoms with Gasteiger partial charge in [0, 0.05) is 12.6 Å². The van der Waals surface area contributed by atoms with Gasteiger partial charge in [-0.2, -0.15) is 0 Å². The second-order valence-corrected chi connectivity index (χ2v) is 4.24. The van der Waals surface area contributed by atoms with E-state index in [0.717, 1.165) is 0 Å². The van der Waals surface area contributed by atoms with E-state index in [-0.39, 0.29) is 25.7 Å². The Morgan fingerprint density at radius 2 is 1.94 bits per heavy atom. The summed E-state index contributed by atoms with van der Waals surface area (Å²) in [7, 11) is 1.56. The minimum atomic E-state index is -2.40. The van der Waals surface area contributed by atoms with Crippen LogP contribution in [-0.4, -0.2) is 56.1 Å². The Bertz CT molecular complexity index is 226. The van der Waals surface area contributed by atoms with Crippen LogP contribution >= 0.6 is 0 Å². The Morgan fingerprint density at radius 3 is 2.35 bits per heavy atom. The van der Waals surface area contributed by atoms with Crippen molar-refractivity contribution >= 4 is 5.97 Å². The van der Waals surface area contributed by atoms with Gasteiger partial charge in [-0.05, 0) is 14.0 Å². The summed E-state index contributed by atoms with van der Waals surface area (Å²) in [5, 5.41) is 3.01. The van der Waals surface area contributed by atoms with Gasteiger partial charge in [0.1, 0.15) is 6.04 Å². The van der Waals surface area contributed by atoms with E-state index in [1.54, 1.807) is 14.0 Å². The van der Waals surface area contributed by atoms with Crippen LogP contribution < -0.4 is 5.32 Å². The molecule has 1 N–H and O–H groups in total. The van der Waals surface area contributed by atoms with Crippen molar-refractivity contribution in [2.45, 2.75) is 39.3 Å². The minimum absolute atomic E-state index is 0.0874. The van der Waals surface area contributed by atoms with Crippen LogP contribution in [0.3, 0.4) is 0 Å². The molecule has 1 atom stereocenters. The number of nitrogens with one attached hydrogen (secondary N) is 1. The fraction of sp³-hybridized carbons (Fsp3) is 0.909. The molecule has 0 fully saturated rings. The van der Waals surface area contributed by atoms with Gasteiger partial charge in [-0.3, -0.25) is 9.69 Å². The van der Waals surface area contributed by atoms with Crippen molar-refractivity contribution in [2.75, 3.05) is 26.7 Å². The van der Waals surface area contributed by atoms with Crippen molar-refractivity contribution < 1.29 is 18.3 Å². The fourth-order valence-electron chi connectivity index (χ4n) is 1.46. The summed E-state index contributed by atoms with van der Waals surface area (Å²) in [6.07, 6.45) is -2.40. The minimum Gasteiger partial charge on any atom is -0.465 e. The summed E-state index contributed by atoms with van der Waals surface area (Å²) < 4.78 is 29.2. The number of carbonyl (C=O) groups is 1. The van der Waals surface area contributed by atoms with Gasteiger partial charge in [0.15, 0.2) is 0 Å². The second-order valence-electron chi connectivity index (χ2n) is 4.24. The summed E-state index contributed by atoms with van der Waals surface area (Å²) in [5.74, 6) is -0.401. The third-order valence-electron chi connectivity index (χ3n) is 2.05. The maximum absolute atomic E-state index is 12.2. The van der Waals surface area contributed by atoms with E-state index >= 15 is 0 Å². The molecule has 102 valence electrons. The van der Waals surface area contributed by atoms with Crippen LogP contribution in [0.4, 0.5) is 8.78 Å². The predicted octanol–water partition coefficient (Wildman–Crippen LogP) is 1.11. The molecule has 0 aromatic heterocycles. The highest BCUT2D eigenvalue weighted by molar-refractivity contribution is 5.76. The van der Waals surface area contributed by atoms with Gasteiger partial charge in [0.2, 0.25) is 0 Å². The van der Waals surface area contributed by atoms with Crippen LogP contribution in [-0.2, 0) is 9.53 Å². The average molecular weight is 252 g/mol. The SMILES string of the molecule is CCOC(=O)C(CN(C)CC(F)F)NC(C)C. The Labute approximate surface area is 101 Å². The average Bonchev–Trinajstić information content (AvgIpc) is 2.14. The number of likely N-dealkylation sites (N-methyl/N-ethyl adjacent to an activating group) is 1. The third-order valence-corrected chi connectivity index (χ3v) is 2.05. The maximum atomic E-state index is 12.2. The van der Waals surface area contributed by atoms with Gasteiger partial charge in [-0.15, -0.1) is 0 Å². The topological polar surface area (TPSA) is 41.6 Å². The first-order chi connectivity index (χ1) is 7.86. The summed E-state index contributed by atoms with van der Waals surface area (Å²) >= 11 is 0. The summed E-state index contributed by atoms with van der Waals surface area (Å²) in [4.78, 5) is 13.0. The highest BCUT2D eigenvalue weighted by Gasteiger charge is 2.23. The van der Waals surface area contributed by atoms with Gasteiger partial charge in [-0.25, -0.2) is 8.78 Å². The van der Waals surface area contributed by atoms with E-state index in [9.17, 15) is 13.6 Å². The van der Waals surface area contributed by atoms with Gasteiger partial charge in [0.25, 0.3) is 6.43 Å². The summed E-state index contributed by atoms with van der Waals surface area (Å²) in [6.45, 7) is 5.64. The van der Waals surface area contributed by atoms with Crippen LogP contribution in [0.1, 0.15) is 20.8 Å². The molecule has 0 bridgehead atoms. The fourth-order valence-corrected chi connectivity index (χ4v) is 1.46. The second kappa shape index (κ2) is 8.36. The molecule has 0 spiro atoms. The van der Waals surface area contributed by atoms with Crippen molar-refractivity contribution in [2.24, 2.45) is 0 Å². The number of rotatable bonds is 8. The molecule has 0 amide bonds.